The Bertz CT molecular complexity index is 691. The highest BCUT2D eigenvalue weighted by Crippen LogP contribution is 2.20. The predicted octanol–water partition coefficient (Wildman–Crippen LogP) is 2.90. The van der Waals surface area contributed by atoms with Crippen LogP contribution < -0.4 is 5.32 Å². The molecule has 0 saturated carbocycles. The van der Waals surface area contributed by atoms with Crippen LogP contribution >= 0.6 is 0 Å². The number of nitrogens with one attached hydrogen (secondary N) is 1. The van der Waals surface area contributed by atoms with Crippen molar-refractivity contribution < 1.29 is 14.3 Å². The van der Waals surface area contributed by atoms with E-state index in [1.165, 1.54) is 0 Å². The van der Waals surface area contributed by atoms with E-state index in [1.807, 2.05) is 36.4 Å². The molecule has 124 valence electrons. The fourth-order valence-electron chi connectivity index (χ4n) is 2.55. The molecule has 24 heavy (non-hydrogen) atoms. The summed E-state index contributed by atoms with van der Waals surface area (Å²) in [7, 11) is 0. The molecule has 1 atom stereocenters. The minimum atomic E-state index is -0.130. The second kappa shape index (κ2) is 8.43. The van der Waals surface area contributed by atoms with Gasteiger partial charge in [-0.05, 0) is 28.8 Å². The van der Waals surface area contributed by atoms with Gasteiger partial charge in [0.2, 0.25) is 5.91 Å². The Morgan fingerprint density at radius 2 is 1.92 bits per heavy atom. The summed E-state index contributed by atoms with van der Waals surface area (Å²) in [6, 6.07) is 18.3. The molecule has 0 bridgehead atoms. The van der Waals surface area contributed by atoms with Gasteiger partial charge in [0.25, 0.3) is 0 Å². The monoisotopic (exact) mass is 323 g/mol. The molecule has 1 amide bonds. The third kappa shape index (κ3) is 4.78. The lowest BCUT2D eigenvalue weighted by Crippen LogP contribution is -2.39. The Balaban J connectivity index is 1.57. The molecule has 1 saturated heterocycles. The van der Waals surface area contributed by atoms with Gasteiger partial charge < -0.3 is 14.8 Å². The Labute approximate surface area is 142 Å². The average molecular weight is 323 g/mol. The predicted molar refractivity (Wildman–Crippen MR) is 94.5 cm³/mol. The van der Waals surface area contributed by atoms with Crippen LogP contribution in [0.5, 0.6) is 0 Å². The molecule has 4 heteroatoms. The standard InChI is InChI=1S/C20H21NO3/c22-20(21-14-19-15-23-11-12-24-19)10-9-16-5-4-8-18(13-16)17-6-2-1-3-7-17/h1-10,13,19H,11-12,14-15H2,(H,21,22)/b10-9+. The number of carbonyl (C=O) groups is 1. The Hall–Kier alpha value is -2.43. The van der Waals surface area contributed by atoms with Gasteiger partial charge >= 0.3 is 0 Å². The molecule has 2 aromatic rings. The smallest absolute Gasteiger partial charge is 0.244 e. The number of benzene rings is 2. The summed E-state index contributed by atoms with van der Waals surface area (Å²) in [6.45, 7) is 2.21. The Kier molecular flexibility index (Phi) is 5.77. The molecular weight excluding hydrogens is 302 g/mol. The third-order valence-electron chi connectivity index (χ3n) is 3.81. The topological polar surface area (TPSA) is 47.6 Å². The second-order valence-corrected chi connectivity index (χ2v) is 5.64. The van der Waals surface area contributed by atoms with Gasteiger partial charge in [0.15, 0.2) is 0 Å². The van der Waals surface area contributed by atoms with Gasteiger partial charge in [-0.25, -0.2) is 0 Å². The van der Waals surface area contributed by atoms with E-state index in [2.05, 4.69) is 29.6 Å². The summed E-state index contributed by atoms with van der Waals surface area (Å²) < 4.78 is 10.8. The summed E-state index contributed by atoms with van der Waals surface area (Å²) in [4.78, 5) is 11.9. The molecule has 0 aromatic heterocycles. The fraction of sp³-hybridized carbons (Fsp3) is 0.250. The molecule has 1 aliphatic rings. The number of ether oxygens (including phenoxy) is 2. The van der Waals surface area contributed by atoms with Gasteiger partial charge in [0.05, 0.1) is 25.9 Å². The van der Waals surface area contributed by atoms with Crippen LogP contribution in [0.1, 0.15) is 5.56 Å². The van der Waals surface area contributed by atoms with Crippen molar-refractivity contribution in [1.82, 2.24) is 5.32 Å². The van der Waals surface area contributed by atoms with Crippen LogP contribution in [-0.4, -0.2) is 38.4 Å². The van der Waals surface area contributed by atoms with Crippen molar-refractivity contribution in [3.05, 3.63) is 66.2 Å². The van der Waals surface area contributed by atoms with Crippen molar-refractivity contribution in [1.29, 1.82) is 0 Å². The van der Waals surface area contributed by atoms with Gasteiger partial charge in [-0.2, -0.15) is 0 Å². The molecule has 0 aliphatic carbocycles. The zero-order valence-electron chi connectivity index (χ0n) is 13.5. The van der Waals surface area contributed by atoms with Gasteiger partial charge in [0, 0.05) is 12.6 Å². The molecule has 1 N–H and O–H groups in total. The van der Waals surface area contributed by atoms with Crippen LogP contribution in [0, 0.1) is 0 Å². The molecule has 1 fully saturated rings. The van der Waals surface area contributed by atoms with Crippen molar-refractivity contribution >= 4 is 12.0 Å². The van der Waals surface area contributed by atoms with Gasteiger partial charge in [-0.15, -0.1) is 0 Å². The highest BCUT2D eigenvalue weighted by Gasteiger charge is 2.14. The van der Waals surface area contributed by atoms with Crippen LogP contribution in [0.2, 0.25) is 0 Å². The van der Waals surface area contributed by atoms with E-state index < -0.39 is 0 Å². The van der Waals surface area contributed by atoms with Gasteiger partial charge in [-0.3, -0.25) is 4.79 Å². The van der Waals surface area contributed by atoms with Crippen molar-refractivity contribution in [2.45, 2.75) is 6.10 Å². The van der Waals surface area contributed by atoms with Gasteiger partial charge in [-0.1, -0.05) is 48.5 Å². The maximum absolute atomic E-state index is 11.9. The number of amides is 1. The number of hydrogen-bond donors (Lipinski definition) is 1. The SMILES string of the molecule is O=C(/C=C/c1cccc(-c2ccccc2)c1)NCC1COCCO1. The van der Waals surface area contributed by atoms with Crippen molar-refractivity contribution in [3.63, 3.8) is 0 Å². The molecule has 4 nitrogen and oxygen atoms in total. The number of rotatable bonds is 5. The summed E-state index contributed by atoms with van der Waals surface area (Å²) in [5.74, 6) is -0.130. The molecular formula is C20H21NO3. The van der Waals surface area contributed by atoms with Crippen LogP contribution in [0.4, 0.5) is 0 Å². The minimum absolute atomic E-state index is 0.0579. The summed E-state index contributed by atoms with van der Waals surface area (Å²) in [5.41, 5.74) is 3.28. The first-order valence-electron chi connectivity index (χ1n) is 8.12. The van der Waals surface area contributed by atoms with Crippen molar-refractivity contribution in [3.8, 4) is 11.1 Å². The summed E-state index contributed by atoms with van der Waals surface area (Å²) in [6.07, 6.45) is 3.31. The lowest BCUT2D eigenvalue weighted by atomic mass is 10.0. The quantitative estimate of drug-likeness (QED) is 0.861. The summed E-state index contributed by atoms with van der Waals surface area (Å²) in [5, 5.41) is 2.84. The van der Waals surface area contributed by atoms with Crippen LogP contribution in [0.3, 0.4) is 0 Å². The molecule has 3 rings (SSSR count). The molecule has 2 aromatic carbocycles. The van der Waals surface area contributed by atoms with Gasteiger partial charge in [0.1, 0.15) is 0 Å². The third-order valence-corrected chi connectivity index (χ3v) is 3.81. The first kappa shape index (κ1) is 16.4. The fourth-order valence-corrected chi connectivity index (χ4v) is 2.55. The number of hydrogen-bond acceptors (Lipinski definition) is 3. The van der Waals surface area contributed by atoms with E-state index in [-0.39, 0.29) is 12.0 Å². The van der Waals surface area contributed by atoms with E-state index >= 15 is 0 Å². The minimum Gasteiger partial charge on any atom is -0.376 e. The largest absolute Gasteiger partial charge is 0.376 e. The second-order valence-electron chi connectivity index (χ2n) is 5.64. The Morgan fingerprint density at radius 1 is 1.08 bits per heavy atom. The highest BCUT2D eigenvalue weighted by atomic mass is 16.6. The molecule has 1 aliphatic heterocycles. The zero-order chi connectivity index (χ0) is 16.6. The van der Waals surface area contributed by atoms with E-state index in [4.69, 9.17) is 9.47 Å². The normalized spacial score (nSPS) is 17.8. The summed E-state index contributed by atoms with van der Waals surface area (Å²) >= 11 is 0. The van der Waals surface area contributed by atoms with Crippen LogP contribution in [0.15, 0.2) is 60.7 Å². The van der Waals surface area contributed by atoms with Crippen LogP contribution in [-0.2, 0) is 14.3 Å². The maximum atomic E-state index is 11.9. The molecule has 0 radical (unpaired) electrons. The number of carbonyl (C=O) groups excluding carboxylic acids is 1. The lowest BCUT2D eigenvalue weighted by molar-refractivity contribution is -0.119. The average Bonchev–Trinajstić information content (AvgIpc) is 2.66. The van der Waals surface area contributed by atoms with Crippen molar-refractivity contribution in [2.75, 3.05) is 26.4 Å². The lowest BCUT2D eigenvalue weighted by Gasteiger charge is -2.22. The molecule has 1 unspecified atom stereocenters. The highest BCUT2D eigenvalue weighted by molar-refractivity contribution is 5.91. The van der Waals surface area contributed by atoms with E-state index in [1.54, 1.807) is 6.08 Å². The molecule has 1 heterocycles. The maximum Gasteiger partial charge on any atom is 0.244 e. The molecule has 0 spiro atoms. The van der Waals surface area contributed by atoms with E-state index in [9.17, 15) is 4.79 Å². The first-order chi connectivity index (χ1) is 11.8. The zero-order valence-corrected chi connectivity index (χ0v) is 13.5. The van der Waals surface area contributed by atoms with Crippen molar-refractivity contribution in [2.24, 2.45) is 0 Å². The van der Waals surface area contributed by atoms with Crippen LogP contribution in [0.25, 0.3) is 17.2 Å². The first-order valence-corrected chi connectivity index (χ1v) is 8.12. The Morgan fingerprint density at radius 3 is 2.71 bits per heavy atom. The van der Waals surface area contributed by atoms with E-state index in [0.717, 1.165) is 16.7 Å². The van der Waals surface area contributed by atoms with E-state index in [0.29, 0.717) is 26.4 Å².